The number of carbonyl (C=O) groups is 2. The van der Waals surface area contributed by atoms with E-state index in [1.807, 2.05) is 0 Å². The fourth-order valence-corrected chi connectivity index (χ4v) is 1.42. The molecule has 1 amide bonds. The Morgan fingerprint density at radius 2 is 2.00 bits per heavy atom. The van der Waals surface area contributed by atoms with Gasteiger partial charge in [-0.05, 0) is 33.0 Å². The summed E-state index contributed by atoms with van der Waals surface area (Å²) < 4.78 is 5.03. The van der Waals surface area contributed by atoms with Crippen LogP contribution in [0.25, 0.3) is 0 Å². The van der Waals surface area contributed by atoms with Gasteiger partial charge in [-0.3, -0.25) is 14.6 Å². The van der Waals surface area contributed by atoms with Crippen molar-refractivity contribution in [2.24, 2.45) is 0 Å². The van der Waals surface area contributed by atoms with E-state index in [0.717, 1.165) is 0 Å². The summed E-state index contributed by atoms with van der Waals surface area (Å²) in [6, 6.07) is 1.24. The molecule has 0 saturated heterocycles. The molecule has 1 heterocycles. The Bertz CT molecular complexity index is 569. The van der Waals surface area contributed by atoms with Gasteiger partial charge in [0.25, 0.3) is 5.56 Å². The standard InChI is InChI=1S/C11H15N3O4S/c1-11(2,3)18-9(17)8(16)12-5-6-4-7(15)14-10(19)13-6/h4H,5H2,1-3H3,(H,12,16)(H2,13,14,15,19). The Morgan fingerprint density at radius 1 is 1.37 bits per heavy atom. The van der Waals surface area contributed by atoms with E-state index in [4.69, 9.17) is 17.0 Å². The SMILES string of the molecule is CC(C)(C)OC(=O)C(=O)NCc1cc(=O)[nH]c(=S)[nH]1. The molecule has 0 saturated carbocycles. The molecule has 1 aromatic heterocycles. The van der Waals surface area contributed by atoms with Crippen molar-refractivity contribution < 1.29 is 14.3 Å². The molecule has 0 bridgehead atoms. The zero-order chi connectivity index (χ0) is 14.6. The van der Waals surface area contributed by atoms with Crippen LogP contribution in [0.4, 0.5) is 0 Å². The van der Waals surface area contributed by atoms with Gasteiger partial charge in [0.05, 0.1) is 6.54 Å². The lowest BCUT2D eigenvalue weighted by Gasteiger charge is -2.18. The van der Waals surface area contributed by atoms with E-state index in [9.17, 15) is 14.4 Å². The van der Waals surface area contributed by atoms with Crippen LogP contribution in [0.3, 0.4) is 0 Å². The topological polar surface area (TPSA) is 104 Å². The maximum absolute atomic E-state index is 11.5. The minimum absolute atomic E-state index is 0.0222. The van der Waals surface area contributed by atoms with E-state index in [1.54, 1.807) is 20.8 Å². The fourth-order valence-electron chi connectivity index (χ4n) is 1.19. The number of hydrogen-bond acceptors (Lipinski definition) is 5. The maximum atomic E-state index is 11.5. The number of aromatic amines is 2. The first kappa shape index (κ1) is 15.1. The van der Waals surface area contributed by atoms with Gasteiger partial charge in [0.1, 0.15) is 5.60 Å². The second kappa shape index (κ2) is 5.79. The van der Waals surface area contributed by atoms with Crippen molar-refractivity contribution in [2.45, 2.75) is 32.9 Å². The quantitative estimate of drug-likeness (QED) is 0.414. The number of hydrogen-bond donors (Lipinski definition) is 3. The zero-order valence-electron chi connectivity index (χ0n) is 10.8. The molecule has 0 unspecified atom stereocenters. The number of ether oxygens (including phenoxy) is 1. The molecule has 0 aliphatic carbocycles. The average molecular weight is 285 g/mol. The van der Waals surface area contributed by atoms with Crippen LogP contribution in [0.1, 0.15) is 26.5 Å². The summed E-state index contributed by atoms with van der Waals surface area (Å²) in [4.78, 5) is 39.0. The van der Waals surface area contributed by atoms with Crippen LogP contribution < -0.4 is 10.9 Å². The number of nitrogens with one attached hydrogen (secondary N) is 3. The van der Waals surface area contributed by atoms with Gasteiger partial charge in [0.15, 0.2) is 4.77 Å². The summed E-state index contributed by atoms with van der Waals surface area (Å²) in [5, 5.41) is 2.33. The predicted octanol–water partition coefficient (Wildman–Crippen LogP) is 0.390. The molecule has 8 heteroatoms. The van der Waals surface area contributed by atoms with Gasteiger partial charge in [0, 0.05) is 11.8 Å². The van der Waals surface area contributed by atoms with Crippen molar-refractivity contribution in [3.63, 3.8) is 0 Å². The third kappa shape index (κ3) is 5.47. The van der Waals surface area contributed by atoms with Crippen molar-refractivity contribution in [2.75, 3.05) is 0 Å². The predicted molar refractivity (Wildman–Crippen MR) is 69.9 cm³/mol. The van der Waals surface area contributed by atoms with Gasteiger partial charge in [0.2, 0.25) is 0 Å². The summed E-state index contributed by atoms with van der Waals surface area (Å²) in [7, 11) is 0. The second-order valence-electron chi connectivity index (χ2n) is 4.80. The first-order chi connectivity index (χ1) is 8.67. The summed E-state index contributed by atoms with van der Waals surface area (Å²) in [6.07, 6.45) is 0. The Labute approximate surface area is 114 Å². The first-order valence-corrected chi connectivity index (χ1v) is 5.92. The molecule has 0 fully saturated rings. The highest BCUT2D eigenvalue weighted by Crippen LogP contribution is 2.06. The molecular formula is C11H15N3O4S. The molecular weight excluding hydrogens is 270 g/mol. The van der Waals surface area contributed by atoms with Gasteiger partial charge in [-0.15, -0.1) is 0 Å². The molecule has 0 atom stereocenters. The highest BCUT2D eigenvalue weighted by Gasteiger charge is 2.22. The maximum Gasteiger partial charge on any atom is 0.397 e. The first-order valence-electron chi connectivity index (χ1n) is 5.51. The average Bonchev–Trinajstić information content (AvgIpc) is 2.22. The van der Waals surface area contributed by atoms with Crippen LogP contribution in [0.2, 0.25) is 0 Å². The van der Waals surface area contributed by atoms with E-state index in [2.05, 4.69) is 15.3 Å². The zero-order valence-corrected chi connectivity index (χ0v) is 11.6. The Morgan fingerprint density at radius 3 is 2.53 bits per heavy atom. The third-order valence-corrected chi connectivity index (χ3v) is 2.04. The van der Waals surface area contributed by atoms with Crippen LogP contribution in [0, 0.1) is 4.77 Å². The van der Waals surface area contributed by atoms with Crippen LogP contribution in [0.15, 0.2) is 10.9 Å². The van der Waals surface area contributed by atoms with E-state index in [1.165, 1.54) is 6.07 Å². The van der Waals surface area contributed by atoms with Crippen LogP contribution in [-0.4, -0.2) is 27.4 Å². The van der Waals surface area contributed by atoms with Crippen LogP contribution in [0.5, 0.6) is 0 Å². The van der Waals surface area contributed by atoms with E-state index in [0.29, 0.717) is 5.69 Å². The van der Waals surface area contributed by atoms with Crippen molar-refractivity contribution >= 4 is 24.1 Å². The molecule has 1 aromatic rings. The molecule has 3 N–H and O–H groups in total. The molecule has 0 radical (unpaired) electrons. The number of rotatable bonds is 2. The molecule has 0 aromatic carbocycles. The normalized spacial score (nSPS) is 10.9. The van der Waals surface area contributed by atoms with Gasteiger partial charge in [-0.2, -0.15) is 0 Å². The largest absolute Gasteiger partial charge is 0.453 e. The number of H-pyrrole nitrogens is 2. The molecule has 1 rings (SSSR count). The number of aromatic nitrogens is 2. The Kier molecular flexibility index (Phi) is 4.60. The van der Waals surface area contributed by atoms with Gasteiger partial charge in [-0.25, -0.2) is 4.79 Å². The molecule has 0 spiro atoms. The highest BCUT2D eigenvalue weighted by atomic mass is 32.1. The summed E-state index contributed by atoms with van der Waals surface area (Å²) in [5.74, 6) is -1.86. The Balaban J connectivity index is 2.62. The van der Waals surface area contributed by atoms with E-state index in [-0.39, 0.29) is 16.9 Å². The molecule has 0 aliphatic rings. The van der Waals surface area contributed by atoms with Crippen molar-refractivity contribution in [1.82, 2.24) is 15.3 Å². The number of amides is 1. The Hall–Kier alpha value is -1.96. The highest BCUT2D eigenvalue weighted by molar-refractivity contribution is 7.71. The number of esters is 1. The monoisotopic (exact) mass is 285 g/mol. The van der Waals surface area contributed by atoms with Gasteiger partial charge < -0.3 is 15.0 Å². The van der Waals surface area contributed by atoms with Gasteiger partial charge in [-0.1, -0.05) is 0 Å². The summed E-state index contributed by atoms with van der Waals surface area (Å²) >= 11 is 4.77. The third-order valence-electron chi connectivity index (χ3n) is 1.84. The molecule has 0 aliphatic heterocycles. The van der Waals surface area contributed by atoms with Crippen LogP contribution >= 0.6 is 12.2 Å². The smallest absolute Gasteiger partial charge is 0.397 e. The van der Waals surface area contributed by atoms with Gasteiger partial charge >= 0.3 is 11.9 Å². The minimum Gasteiger partial charge on any atom is -0.453 e. The minimum atomic E-state index is -0.976. The lowest BCUT2D eigenvalue weighted by atomic mass is 10.2. The fraction of sp³-hybridized carbons (Fsp3) is 0.455. The van der Waals surface area contributed by atoms with E-state index < -0.39 is 17.5 Å². The number of carbonyl (C=O) groups excluding carboxylic acids is 2. The lowest BCUT2D eigenvalue weighted by molar-refractivity contribution is -0.163. The van der Waals surface area contributed by atoms with Crippen molar-refractivity contribution in [3.05, 3.63) is 26.9 Å². The second-order valence-corrected chi connectivity index (χ2v) is 5.21. The molecule has 104 valence electrons. The summed E-state index contributed by atoms with van der Waals surface area (Å²) in [5.41, 5.74) is -0.728. The van der Waals surface area contributed by atoms with Crippen LogP contribution in [-0.2, 0) is 20.9 Å². The summed E-state index contributed by atoms with van der Waals surface area (Å²) in [6.45, 7) is 4.95. The van der Waals surface area contributed by atoms with E-state index >= 15 is 0 Å². The van der Waals surface area contributed by atoms with Crippen molar-refractivity contribution in [1.29, 1.82) is 0 Å². The van der Waals surface area contributed by atoms with Crippen molar-refractivity contribution in [3.8, 4) is 0 Å². The molecule has 7 nitrogen and oxygen atoms in total. The molecule has 19 heavy (non-hydrogen) atoms. The lowest BCUT2D eigenvalue weighted by Crippen LogP contribution is -2.37.